The van der Waals surface area contributed by atoms with Crippen molar-refractivity contribution in [2.45, 2.75) is 24.4 Å². The first-order valence-electron chi connectivity index (χ1n) is 5.82. The largest absolute Gasteiger partial charge is 0.478 e. The molecule has 0 bridgehead atoms. The molecule has 1 aromatic heterocycles. The molecule has 2 rings (SSSR count). The second-order valence-electron chi connectivity index (χ2n) is 3.95. The van der Waals surface area contributed by atoms with E-state index in [0.29, 0.717) is 17.3 Å². The number of aromatic carboxylic acids is 1. The average Bonchev–Trinajstić information content (AvgIpc) is 2.77. The second-order valence-corrected chi connectivity index (χ2v) is 4.89. The Morgan fingerprint density at radius 2 is 2.30 bits per heavy atom. The number of nitrogens with one attached hydrogen (secondary N) is 1. The summed E-state index contributed by atoms with van der Waals surface area (Å²) in [6.45, 7) is 2.27. The molecule has 20 heavy (non-hydrogen) atoms. The number of halogens is 1. The molecule has 0 aliphatic rings. The highest BCUT2D eigenvalue weighted by molar-refractivity contribution is 7.98. The lowest BCUT2D eigenvalue weighted by molar-refractivity contribution is 0.0695. The summed E-state index contributed by atoms with van der Waals surface area (Å²) in [4.78, 5) is 22.4. The molecule has 0 amide bonds. The lowest BCUT2D eigenvalue weighted by atomic mass is 10.1. The number of aromatic nitrogens is 3. The summed E-state index contributed by atoms with van der Waals surface area (Å²) in [6, 6.07) is 3.61. The van der Waals surface area contributed by atoms with Gasteiger partial charge < -0.3 is 5.11 Å². The van der Waals surface area contributed by atoms with Gasteiger partial charge in [-0.3, -0.25) is 4.57 Å². The van der Waals surface area contributed by atoms with E-state index in [1.165, 1.54) is 28.5 Å². The monoisotopic (exact) mass is 297 g/mol. The van der Waals surface area contributed by atoms with Gasteiger partial charge in [-0.05, 0) is 24.6 Å². The molecule has 0 saturated carbocycles. The van der Waals surface area contributed by atoms with Gasteiger partial charge in [-0.15, -0.1) is 5.10 Å². The van der Waals surface area contributed by atoms with Crippen molar-refractivity contribution in [1.82, 2.24) is 14.8 Å². The summed E-state index contributed by atoms with van der Waals surface area (Å²) in [5.74, 6) is -1.50. The third-order valence-corrected chi connectivity index (χ3v) is 3.72. The van der Waals surface area contributed by atoms with Crippen molar-refractivity contribution in [3.05, 3.63) is 45.6 Å². The van der Waals surface area contributed by atoms with Crippen LogP contribution in [-0.2, 0) is 12.3 Å². The Hall–Kier alpha value is -2.09. The molecule has 0 spiro atoms. The fourth-order valence-corrected chi connectivity index (χ4v) is 2.72. The molecule has 1 aromatic carbocycles. The normalized spacial score (nSPS) is 10.7. The molecule has 0 atom stereocenters. The Bertz CT molecular complexity index is 695. The number of thioether (sulfide) groups is 1. The maximum Gasteiger partial charge on any atom is 0.343 e. The zero-order valence-corrected chi connectivity index (χ0v) is 11.4. The van der Waals surface area contributed by atoms with Gasteiger partial charge in [0.05, 0.1) is 5.56 Å². The van der Waals surface area contributed by atoms with E-state index in [9.17, 15) is 14.0 Å². The third-order valence-electron chi connectivity index (χ3n) is 2.70. The van der Waals surface area contributed by atoms with Crippen molar-refractivity contribution in [3.8, 4) is 0 Å². The van der Waals surface area contributed by atoms with Crippen LogP contribution in [0.1, 0.15) is 22.8 Å². The first-order valence-corrected chi connectivity index (χ1v) is 6.81. The molecule has 2 aromatic rings. The van der Waals surface area contributed by atoms with Crippen molar-refractivity contribution in [3.63, 3.8) is 0 Å². The van der Waals surface area contributed by atoms with Gasteiger partial charge in [0.2, 0.25) is 0 Å². The SMILES string of the molecule is CCn1c(SCc2ccc(F)cc2C(=O)O)n[nH]c1=O. The highest BCUT2D eigenvalue weighted by atomic mass is 32.2. The van der Waals surface area contributed by atoms with E-state index < -0.39 is 11.8 Å². The van der Waals surface area contributed by atoms with Crippen molar-refractivity contribution in [1.29, 1.82) is 0 Å². The first kappa shape index (κ1) is 14.3. The fraction of sp³-hybridized carbons (Fsp3) is 0.250. The number of H-pyrrole nitrogens is 1. The lowest BCUT2D eigenvalue weighted by Crippen LogP contribution is -2.16. The molecule has 2 N–H and O–H groups in total. The number of aromatic amines is 1. The van der Waals surface area contributed by atoms with E-state index in [2.05, 4.69) is 10.2 Å². The van der Waals surface area contributed by atoms with Crippen LogP contribution < -0.4 is 5.69 Å². The maximum absolute atomic E-state index is 13.1. The minimum atomic E-state index is -1.19. The van der Waals surface area contributed by atoms with Gasteiger partial charge in [-0.2, -0.15) is 0 Å². The van der Waals surface area contributed by atoms with E-state index in [4.69, 9.17) is 5.11 Å². The summed E-state index contributed by atoms with van der Waals surface area (Å²) < 4.78 is 14.5. The second kappa shape index (κ2) is 5.91. The van der Waals surface area contributed by atoms with Gasteiger partial charge in [-0.25, -0.2) is 19.1 Å². The van der Waals surface area contributed by atoms with Crippen LogP contribution in [0.15, 0.2) is 28.2 Å². The first-order chi connectivity index (χ1) is 9.52. The molecule has 6 nitrogen and oxygen atoms in total. The minimum Gasteiger partial charge on any atom is -0.478 e. The number of benzene rings is 1. The zero-order chi connectivity index (χ0) is 14.7. The molecule has 0 unspecified atom stereocenters. The molecular weight excluding hydrogens is 285 g/mol. The van der Waals surface area contributed by atoms with Crippen LogP contribution in [0.2, 0.25) is 0 Å². The Kier molecular flexibility index (Phi) is 4.23. The van der Waals surface area contributed by atoms with E-state index in [-0.39, 0.29) is 17.0 Å². The molecular formula is C12H12FN3O3S. The highest BCUT2D eigenvalue weighted by Crippen LogP contribution is 2.22. The number of carbonyl (C=O) groups is 1. The Balaban J connectivity index is 2.23. The van der Waals surface area contributed by atoms with Gasteiger partial charge in [0.25, 0.3) is 0 Å². The smallest absolute Gasteiger partial charge is 0.343 e. The van der Waals surface area contributed by atoms with E-state index in [1.807, 2.05) is 6.92 Å². The Morgan fingerprint density at radius 3 is 2.95 bits per heavy atom. The maximum atomic E-state index is 13.1. The molecule has 8 heteroatoms. The van der Waals surface area contributed by atoms with Crippen molar-refractivity contribution < 1.29 is 14.3 Å². The van der Waals surface area contributed by atoms with Crippen LogP contribution in [0.4, 0.5) is 4.39 Å². The number of rotatable bonds is 5. The molecule has 0 aliphatic carbocycles. The van der Waals surface area contributed by atoms with Crippen LogP contribution in [-0.4, -0.2) is 25.8 Å². The van der Waals surface area contributed by atoms with E-state index >= 15 is 0 Å². The standard InChI is InChI=1S/C12H12FN3O3S/c1-2-16-11(19)14-15-12(16)20-6-7-3-4-8(13)5-9(7)10(17)18/h3-5H,2,6H2,1H3,(H,14,19)(H,17,18). The molecule has 0 fully saturated rings. The summed E-state index contributed by atoms with van der Waals surface area (Å²) in [7, 11) is 0. The minimum absolute atomic E-state index is 0.0848. The summed E-state index contributed by atoms with van der Waals surface area (Å²) in [5.41, 5.74) is 0.0768. The number of hydrogen-bond acceptors (Lipinski definition) is 4. The predicted octanol–water partition coefficient (Wildman–Crippen LogP) is 1.72. The fourth-order valence-electron chi connectivity index (χ4n) is 1.71. The number of nitrogens with zero attached hydrogens (tertiary/aromatic N) is 2. The number of carboxylic acid groups (broad SMARTS) is 1. The predicted molar refractivity (Wildman–Crippen MR) is 71.4 cm³/mol. The van der Waals surface area contributed by atoms with Gasteiger partial charge in [0, 0.05) is 12.3 Å². The summed E-state index contributed by atoms with van der Waals surface area (Å²) in [5, 5.41) is 15.7. The summed E-state index contributed by atoms with van der Waals surface area (Å²) in [6.07, 6.45) is 0. The Morgan fingerprint density at radius 1 is 1.55 bits per heavy atom. The van der Waals surface area contributed by atoms with Gasteiger partial charge >= 0.3 is 11.7 Å². The van der Waals surface area contributed by atoms with Crippen molar-refractivity contribution >= 4 is 17.7 Å². The van der Waals surface area contributed by atoms with Gasteiger partial charge in [0.15, 0.2) is 5.16 Å². The highest BCUT2D eigenvalue weighted by Gasteiger charge is 2.13. The van der Waals surface area contributed by atoms with E-state index in [0.717, 1.165) is 6.07 Å². The third kappa shape index (κ3) is 2.90. The van der Waals surface area contributed by atoms with E-state index in [1.54, 1.807) is 0 Å². The van der Waals surface area contributed by atoms with Crippen LogP contribution in [0.25, 0.3) is 0 Å². The van der Waals surface area contributed by atoms with Crippen LogP contribution in [0.5, 0.6) is 0 Å². The molecule has 0 radical (unpaired) electrons. The topological polar surface area (TPSA) is 88.0 Å². The summed E-state index contributed by atoms with van der Waals surface area (Å²) >= 11 is 1.22. The zero-order valence-electron chi connectivity index (χ0n) is 10.6. The molecule has 106 valence electrons. The van der Waals surface area contributed by atoms with Gasteiger partial charge in [0.1, 0.15) is 5.82 Å². The quantitative estimate of drug-likeness (QED) is 0.820. The van der Waals surface area contributed by atoms with Crippen LogP contribution in [0.3, 0.4) is 0 Å². The van der Waals surface area contributed by atoms with Crippen molar-refractivity contribution in [2.24, 2.45) is 0 Å². The lowest BCUT2D eigenvalue weighted by Gasteiger charge is -2.06. The molecule has 0 saturated heterocycles. The molecule has 0 aliphatic heterocycles. The Labute approximate surface area is 117 Å². The average molecular weight is 297 g/mol. The number of hydrogen-bond donors (Lipinski definition) is 2. The van der Waals surface area contributed by atoms with Crippen LogP contribution >= 0.6 is 11.8 Å². The molecule has 1 heterocycles. The van der Waals surface area contributed by atoms with Gasteiger partial charge in [-0.1, -0.05) is 17.8 Å². The van der Waals surface area contributed by atoms with Crippen LogP contribution in [0, 0.1) is 5.82 Å². The van der Waals surface area contributed by atoms with Crippen molar-refractivity contribution in [2.75, 3.05) is 0 Å². The number of carboxylic acids is 1.